The summed E-state index contributed by atoms with van der Waals surface area (Å²) in [6.07, 6.45) is -4.15. The monoisotopic (exact) mass is 600 g/mol. The van der Waals surface area contributed by atoms with Crippen LogP contribution in [-0.2, 0) is 4.79 Å². The summed E-state index contributed by atoms with van der Waals surface area (Å²) in [7, 11) is 0. The minimum atomic E-state index is -1.20. The number of aromatic hydroxyl groups is 1. The maximum absolute atomic E-state index is 11.8. The van der Waals surface area contributed by atoms with E-state index < -0.39 is 24.4 Å². The molecule has 2 aliphatic carbocycles. The summed E-state index contributed by atoms with van der Waals surface area (Å²) in [6.45, 7) is 5.66. The summed E-state index contributed by atoms with van der Waals surface area (Å²) >= 11 is 0. The van der Waals surface area contributed by atoms with Crippen LogP contribution in [0, 0.1) is 20.8 Å². The van der Waals surface area contributed by atoms with Crippen LogP contribution in [0.2, 0.25) is 0 Å². The number of aromatic amines is 1. The molecule has 0 saturated carbocycles. The van der Waals surface area contributed by atoms with Crippen LogP contribution in [0.25, 0.3) is 33.5 Å². The number of aliphatic hydroxyl groups excluding tert-OH is 4. The Labute approximate surface area is 259 Å². The number of hydrogen-bond donors (Lipinski definition) is 6. The lowest BCUT2D eigenvalue weighted by molar-refractivity contribution is -0.106. The van der Waals surface area contributed by atoms with Gasteiger partial charge in [-0.05, 0) is 88.5 Å². The van der Waals surface area contributed by atoms with Crippen molar-refractivity contribution < 1.29 is 30.3 Å². The standard InChI is InChI=1S/C37H32N2O6/c1-17-4-8-22-24-10-6-20(14-28(24)35(43)33(41)26(22)12-17)31-19(3)30(37(45)39-31)32(38-16-40)21-7-11-25-23-9-5-18(2)13-27(23)34(42)36(44)29(25)15-21/h4-16,33-36,39,41-45H,1-3H3. The van der Waals surface area contributed by atoms with E-state index in [1.165, 1.54) is 0 Å². The van der Waals surface area contributed by atoms with Crippen LogP contribution < -0.4 is 0 Å². The predicted molar refractivity (Wildman–Crippen MR) is 171 cm³/mol. The van der Waals surface area contributed by atoms with E-state index in [0.29, 0.717) is 56.6 Å². The fraction of sp³-hybridized carbons (Fsp3) is 0.189. The summed E-state index contributed by atoms with van der Waals surface area (Å²) < 4.78 is 0. The number of carbonyl (C=O) groups is 1. The Hall–Kier alpha value is -4.86. The molecular weight excluding hydrogens is 568 g/mol. The molecular formula is C37H32N2O6. The Balaban J connectivity index is 1.32. The van der Waals surface area contributed by atoms with E-state index in [2.05, 4.69) is 9.98 Å². The number of aryl methyl sites for hydroxylation is 2. The van der Waals surface area contributed by atoms with Gasteiger partial charge in [-0.1, -0.05) is 71.8 Å². The SMILES string of the molecule is Cc1ccc2c(c1)C(O)C(O)c1cc(C(=NC=O)c3c(O)[nH]c(-c4ccc5c(c4)C(O)C(O)c4cc(C)ccc4-5)c3C)ccc1-2. The molecule has 0 fully saturated rings. The first-order valence-corrected chi connectivity index (χ1v) is 14.7. The first-order chi connectivity index (χ1) is 21.6. The molecule has 6 N–H and O–H groups in total. The van der Waals surface area contributed by atoms with Crippen LogP contribution in [0.15, 0.2) is 77.8 Å². The second-order valence-electron chi connectivity index (χ2n) is 12.0. The Morgan fingerprint density at radius 3 is 1.67 bits per heavy atom. The van der Waals surface area contributed by atoms with E-state index in [0.717, 1.165) is 33.4 Å². The van der Waals surface area contributed by atoms with Crippen molar-refractivity contribution in [2.24, 2.45) is 4.99 Å². The van der Waals surface area contributed by atoms with E-state index in [9.17, 15) is 30.3 Å². The number of hydrogen-bond acceptors (Lipinski definition) is 6. The quantitative estimate of drug-likeness (QED) is 0.114. The minimum absolute atomic E-state index is 0.194. The van der Waals surface area contributed by atoms with Gasteiger partial charge in [0.15, 0.2) is 5.88 Å². The molecule has 2 aliphatic rings. The first kappa shape index (κ1) is 28.9. The zero-order valence-corrected chi connectivity index (χ0v) is 24.9. The highest BCUT2D eigenvalue weighted by molar-refractivity contribution is 6.18. The second kappa shape index (κ2) is 10.6. The fourth-order valence-electron chi connectivity index (χ4n) is 6.92. The molecule has 7 rings (SSSR count). The Kier molecular flexibility index (Phi) is 6.83. The van der Waals surface area contributed by atoms with Gasteiger partial charge in [0.05, 0.1) is 17.0 Å². The Bertz CT molecular complexity index is 2060. The number of nitrogens with one attached hydrogen (secondary N) is 1. The fourth-order valence-corrected chi connectivity index (χ4v) is 6.92. The van der Waals surface area contributed by atoms with E-state index in [-0.39, 0.29) is 11.6 Å². The molecule has 1 aromatic heterocycles. The van der Waals surface area contributed by atoms with Gasteiger partial charge in [0.25, 0.3) is 0 Å². The zero-order valence-electron chi connectivity index (χ0n) is 24.9. The lowest BCUT2D eigenvalue weighted by Crippen LogP contribution is -2.18. The molecule has 0 saturated heterocycles. The Morgan fingerprint density at radius 1 is 0.667 bits per heavy atom. The van der Waals surface area contributed by atoms with Crippen molar-refractivity contribution in [2.45, 2.75) is 45.2 Å². The number of nitrogens with zero attached hydrogens (tertiary/aromatic N) is 1. The molecule has 5 aromatic rings. The van der Waals surface area contributed by atoms with Crippen LogP contribution in [0.1, 0.15) is 74.5 Å². The zero-order chi connectivity index (χ0) is 31.7. The van der Waals surface area contributed by atoms with Crippen molar-refractivity contribution >= 4 is 12.1 Å². The highest BCUT2D eigenvalue weighted by Crippen LogP contribution is 2.48. The van der Waals surface area contributed by atoms with Gasteiger partial charge in [0, 0.05) is 5.56 Å². The summed E-state index contributed by atoms with van der Waals surface area (Å²) in [5, 5.41) is 55.2. The summed E-state index contributed by atoms with van der Waals surface area (Å²) in [5.74, 6) is -0.207. The maximum Gasteiger partial charge on any atom is 0.233 e. The molecule has 0 aliphatic heterocycles. The number of H-pyrrole nitrogens is 1. The number of aliphatic hydroxyl groups is 4. The number of aliphatic imine (C=N–C) groups is 1. The number of rotatable bonds is 4. The maximum atomic E-state index is 11.8. The van der Waals surface area contributed by atoms with Gasteiger partial charge in [-0.15, -0.1) is 0 Å². The molecule has 0 spiro atoms. The average Bonchev–Trinajstić information content (AvgIpc) is 3.33. The molecule has 1 heterocycles. The molecule has 4 aromatic carbocycles. The molecule has 4 unspecified atom stereocenters. The third-order valence-electron chi connectivity index (χ3n) is 9.18. The normalized spacial score (nSPS) is 20.2. The van der Waals surface area contributed by atoms with Gasteiger partial charge in [-0.25, -0.2) is 4.99 Å². The molecule has 226 valence electrons. The third-order valence-corrected chi connectivity index (χ3v) is 9.18. The van der Waals surface area contributed by atoms with Crippen LogP contribution >= 0.6 is 0 Å². The topological polar surface area (TPSA) is 146 Å². The number of fused-ring (bicyclic) bond motifs is 6. The van der Waals surface area contributed by atoms with Crippen molar-refractivity contribution in [3.63, 3.8) is 0 Å². The van der Waals surface area contributed by atoms with E-state index in [1.807, 2.05) is 68.4 Å². The molecule has 4 atom stereocenters. The lowest BCUT2D eigenvalue weighted by Gasteiger charge is -2.30. The lowest BCUT2D eigenvalue weighted by atomic mass is 9.80. The van der Waals surface area contributed by atoms with E-state index in [4.69, 9.17) is 0 Å². The van der Waals surface area contributed by atoms with E-state index in [1.54, 1.807) is 25.1 Å². The van der Waals surface area contributed by atoms with Crippen LogP contribution in [0.4, 0.5) is 0 Å². The number of carbonyl (C=O) groups excluding carboxylic acids is 1. The summed E-state index contributed by atoms with van der Waals surface area (Å²) in [4.78, 5) is 18.9. The highest BCUT2D eigenvalue weighted by atomic mass is 16.3. The molecule has 1 amide bonds. The number of benzene rings is 4. The molecule has 8 heteroatoms. The van der Waals surface area contributed by atoms with Crippen LogP contribution in [0.3, 0.4) is 0 Å². The Morgan fingerprint density at radius 2 is 1.13 bits per heavy atom. The van der Waals surface area contributed by atoms with Gasteiger partial charge in [-0.3, -0.25) is 4.79 Å². The second-order valence-corrected chi connectivity index (χ2v) is 12.0. The average molecular weight is 601 g/mol. The predicted octanol–water partition coefficient (Wildman–Crippen LogP) is 5.80. The third kappa shape index (κ3) is 4.45. The first-order valence-electron chi connectivity index (χ1n) is 14.7. The largest absolute Gasteiger partial charge is 0.494 e. The smallest absolute Gasteiger partial charge is 0.233 e. The summed E-state index contributed by atoms with van der Waals surface area (Å²) in [5.41, 5.74) is 10.4. The van der Waals surface area contributed by atoms with Crippen LogP contribution in [-0.4, -0.2) is 42.6 Å². The minimum Gasteiger partial charge on any atom is -0.494 e. The number of amides is 1. The van der Waals surface area contributed by atoms with Gasteiger partial charge >= 0.3 is 0 Å². The molecule has 0 bridgehead atoms. The van der Waals surface area contributed by atoms with Gasteiger partial charge in [-0.2, -0.15) is 0 Å². The van der Waals surface area contributed by atoms with Gasteiger partial charge in [0.1, 0.15) is 24.4 Å². The van der Waals surface area contributed by atoms with Crippen molar-refractivity contribution in [1.29, 1.82) is 0 Å². The molecule has 0 radical (unpaired) electrons. The van der Waals surface area contributed by atoms with Crippen molar-refractivity contribution in [3.8, 4) is 39.4 Å². The van der Waals surface area contributed by atoms with Gasteiger partial charge < -0.3 is 30.5 Å². The van der Waals surface area contributed by atoms with E-state index >= 15 is 0 Å². The van der Waals surface area contributed by atoms with Crippen molar-refractivity contribution in [3.05, 3.63) is 123 Å². The highest BCUT2D eigenvalue weighted by Gasteiger charge is 2.34. The van der Waals surface area contributed by atoms with Crippen molar-refractivity contribution in [1.82, 2.24) is 4.98 Å². The molecule has 8 nitrogen and oxygen atoms in total. The van der Waals surface area contributed by atoms with Gasteiger partial charge in [0.2, 0.25) is 6.41 Å². The summed E-state index contributed by atoms with van der Waals surface area (Å²) in [6, 6.07) is 22.4. The molecule has 45 heavy (non-hydrogen) atoms. The van der Waals surface area contributed by atoms with Crippen LogP contribution in [0.5, 0.6) is 5.88 Å². The number of aromatic nitrogens is 1. The van der Waals surface area contributed by atoms with Crippen molar-refractivity contribution in [2.75, 3.05) is 0 Å².